The summed E-state index contributed by atoms with van der Waals surface area (Å²) < 4.78 is 30.3. The lowest BCUT2D eigenvalue weighted by Crippen LogP contribution is -2.21. The Morgan fingerprint density at radius 3 is 2.63 bits per heavy atom. The molecule has 0 amide bonds. The van der Waals surface area contributed by atoms with E-state index in [9.17, 15) is 13.6 Å². The van der Waals surface area contributed by atoms with Crippen molar-refractivity contribution in [1.29, 1.82) is 0 Å². The third-order valence-corrected chi connectivity index (χ3v) is 4.10. The van der Waals surface area contributed by atoms with E-state index >= 15 is 0 Å². The summed E-state index contributed by atoms with van der Waals surface area (Å²) in [7, 11) is 1.68. The van der Waals surface area contributed by atoms with Gasteiger partial charge in [-0.25, -0.2) is 13.5 Å². The van der Waals surface area contributed by atoms with Crippen LogP contribution in [0.1, 0.15) is 24.5 Å². The number of nitrogens with zero attached hydrogens (tertiary/aromatic N) is 2. The molecule has 1 fully saturated rings. The van der Waals surface area contributed by atoms with Crippen LogP contribution in [0.2, 0.25) is 0 Å². The maximum atomic E-state index is 13.8. The summed E-state index contributed by atoms with van der Waals surface area (Å²) in [6.45, 7) is 0. The molecule has 100 valence electrons. The fraction of sp³-hybridized carbons (Fsp3) is 0.308. The average Bonchev–Trinajstić information content (AvgIpc) is 3.15. The quantitative estimate of drug-likeness (QED) is 0.832. The summed E-state index contributed by atoms with van der Waals surface area (Å²) in [5.41, 5.74) is 0.405. The van der Waals surface area contributed by atoms with E-state index in [2.05, 4.69) is 15.9 Å². The van der Waals surface area contributed by atoms with Crippen molar-refractivity contribution >= 4 is 15.9 Å². The molecule has 3 rings (SSSR count). The Morgan fingerprint density at radius 1 is 1.32 bits per heavy atom. The third kappa shape index (κ3) is 1.94. The smallest absolute Gasteiger partial charge is 0.284 e. The van der Waals surface area contributed by atoms with Gasteiger partial charge in [-0.2, -0.15) is 0 Å². The molecular weight excluding hydrogens is 318 g/mol. The van der Waals surface area contributed by atoms with Gasteiger partial charge in [0.15, 0.2) is 0 Å². The molecule has 6 heteroatoms. The molecule has 0 unspecified atom stereocenters. The van der Waals surface area contributed by atoms with E-state index in [1.165, 1.54) is 0 Å². The van der Waals surface area contributed by atoms with Crippen LogP contribution in [0, 0.1) is 11.6 Å². The standard InChI is InChI=1S/C13H11BrF2N2O/c1-17-12(7-2-3-7)11(14)13(19)18(17)10-6-8(15)4-5-9(10)16/h4-7H,2-3H2,1H3. The van der Waals surface area contributed by atoms with Gasteiger partial charge in [0.25, 0.3) is 5.56 Å². The highest BCUT2D eigenvalue weighted by atomic mass is 79.9. The third-order valence-electron chi connectivity index (χ3n) is 3.35. The molecule has 1 heterocycles. The van der Waals surface area contributed by atoms with Crippen LogP contribution in [0.5, 0.6) is 0 Å². The van der Waals surface area contributed by atoms with Gasteiger partial charge in [0, 0.05) is 19.0 Å². The molecule has 2 aromatic rings. The minimum Gasteiger partial charge on any atom is -0.284 e. The number of benzene rings is 1. The van der Waals surface area contributed by atoms with E-state index in [0.717, 1.165) is 41.4 Å². The number of hydrogen-bond acceptors (Lipinski definition) is 1. The summed E-state index contributed by atoms with van der Waals surface area (Å²) >= 11 is 3.26. The first-order chi connectivity index (χ1) is 9.00. The molecule has 1 saturated carbocycles. The molecule has 1 aliphatic carbocycles. The van der Waals surface area contributed by atoms with Gasteiger partial charge in [-0.1, -0.05) is 0 Å². The molecule has 0 bridgehead atoms. The first-order valence-electron chi connectivity index (χ1n) is 5.93. The predicted molar refractivity (Wildman–Crippen MR) is 70.6 cm³/mol. The molecule has 1 aliphatic rings. The number of aromatic nitrogens is 2. The van der Waals surface area contributed by atoms with Gasteiger partial charge in [0.2, 0.25) is 0 Å². The number of rotatable bonds is 2. The van der Waals surface area contributed by atoms with Crippen molar-refractivity contribution in [2.75, 3.05) is 0 Å². The molecule has 19 heavy (non-hydrogen) atoms. The van der Waals surface area contributed by atoms with Gasteiger partial charge in [-0.15, -0.1) is 0 Å². The van der Waals surface area contributed by atoms with Gasteiger partial charge in [0.1, 0.15) is 21.8 Å². The van der Waals surface area contributed by atoms with Crippen LogP contribution in [0.25, 0.3) is 5.69 Å². The monoisotopic (exact) mass is 328 g/mol. The van der Waals surface area contributed by atoms with Crippen LogP contribution in [-0.4, -0.2) is 9.36 Å². The molecular formula is C13H11BrF2N2O. The van der Waals surface area contributed by atoms with Gasteiger partial charge >= 0.3 is 0 Å². The molecule has 0 saturated heterocycles. The van der Waals surface area contributed by atoms with Gasteiger partial charge in [0.05, 0.1) is 5.69 Å². The van der Waals surface area contributed by atoms with Gasteiger partial charge in [-0.05, 0) is 40.9 Å². The van der Waals surface area contributed by atoms with Crippen LogP contribution >= 0.6 is 15.9 Å². The minimum absolute atomic E-state index is 0.0694. The molecule has 1 aromatic carbocycles. The second kappa shape index (κ2) is 4.30. The fourth-order valence-corrected chi connectivity index (χ4v) is 3.06. The van der Waals surface area contributed by atoms with Gasteiger partial charge < -0.3 is 0 Å². The molecule has 0 spiro atoms. The van der Waals surface area contributed by atoms with Crippen LogP contribution < -0.4 is 5.56 Å². The Bertz CT molecular complexity index is 716. The number of hydrogen-bond donors (Lipinski definition) is 0. The van der Waals surface area contributed by atoms with Crippen molar-refractivity contribution in [3.8, 4) is 5.69 Å². The maximum Gasteiger partial charge on any atom is 0.286 e. The lowest BCUT2D eigenvalue weighted by Gasteiger charge is -2.10. The molecule has 0 aliphatic heterocycles. The topological polar surface area (TPSA) is 26.9 Å². The zero-order valence-electron chi connectivity index (χ0n) is 10.2. The van der Waals surface area contributed by atoms with Crippen molar-refractivity contribution in [2.45, 2.75) is 18.8 Å². The van der Waals surface area contributed by atoms with E-state index < -0.39 is 11.6 Å². The summed E-state index contributed by atoms with van der Waals surface area (Å²) in [6.07, 6.45) is 2.03. The Morgan fingerprint density at radius 2 is 2.00 bits per heavy atom. The van der Waals surface area contributed by atoms with Crippen LogP contribution in [0.15, 0.2) is 27.5 Å². The van der Waals surface area contributed by atoms with E-state index in [0.29, 0.717) is 10.4 Å². The first-order valence-corrected chi connectivity index (χ1v) is 6.73. The Labute approximate surface area is 116 Å². The van der Waals surface area contributed by atoms with Crippen LogP contribution in [-0.2, 0) is 7.05 Å². The largest absolute Gasteiger partial charge is 0.286 e. The summed E-state index contributed by atoms with van der Waals surface area (Å²) in [6, 6.07) is 3.08. The predicted octanol–water partition coefficient (Wildman–Crippen LogP) is 3.09. The highest BCUT2D eigenvalue weighted by molar-refractivity contribution is 9.10. The van der Waals surface area contributed by atoms with E-state index in [1.54, 1.807) is 11.7 Å². The van der Waals surface area contributed by atoms with Crippen molar-refractivity contribution in [3.05, 3.63) is 50.4 Å². The van der Waals surface area contributed by atoms with E-state index in [4.69, 9.17) is 0 Å². The minimum atomic E-state index is -0.626. The van der Waals surface area contributed by atoms with Crippen molar-refractivity contribution in [3.63, 3.8) is 0 Å². The Balaban J connectivity index is 2.28. The molecule has 1 aromatic heterocycles. The fourth-order valence-electron chi connectivity index (χ4n) is 2.31. The summed E-state index contributed by atoms with van der Waals surface area (Å²) in [4.78, 5) is 12.2. The lowest BCUT2D eigenvalue weighted by molar-refractivity contribution is 0.552. The Hall–Kier alpha value is -1.43. The van der Waals surface area contributed by atoms with E-state index in [1.807, 2.05) is 0 Å². The lowest BCUT2D eigenvalue weighted by atomic mass is 10.3. The molecule has 0 radical (unpaired) electrons. The van der Waals surface area contributed by atoms with Crippen LogP contribution in [0.4, 0.5) is 8.78 Å². The zero-order chi connectivity index (χ0) is 13.7. The molecule has 0 N–H and O–H groups in total. The van der Waals surface area contributed by atoms with E-state index in [-0.39, 0.29) is 11.2 Å². The maximum absolute atomic E-state index is 13.8. The van der Waals surface area contributed by atoms with Crippen LogP contribution in [0.3, 0.4) is 0 Å². The highest BCUT2D eigenvalue weighted by Gasteiger charge is 2.32. The Kier molecular flexibility index (Phi) is 2.85. The average molecular weight is 329 g/mol. The van der Waals surface area contributed by atoms with Crippen molar-refractivity contribution in [2.24, 2.45) is 7.05 Å². The highest BCUT2D eigenvalue weighted by Crippen LogP contribution is 2.42. The summed E-state index contributed by atoms with van der Waals surface area (Å²) in [5, 5.41) is 0. The normalized spacial score (nSPS) is 14.9. The molecule has 3 nitrogen and oxygen atoms in total. The SMILES string of the molecule is Cn1c(C2CC2)c(Br)c(=O)n1-c1cc(F)ccc1F. The molecule has 0 atom stereocenters. The summed E-state index contributed by atoms with van der Waals surface area (Å²) in [5.74, 6) is -0.877. The second-order valence-electron chi connectivity index (χ2n) is 4.71. The van der Waals surface area contributed by atoms with Crippen molar-refractivity contribution in [1.82, 2.24) is 9.36 Å². The first kappa shape index (κ1) is 12.6. The van der Waals surface area contributed by atoms with Gasteiger partial charge in [-0.3, -0.25) is 9.48 Å². The van der Waals surface area contributed by atoms with Crippen molar-refractivity contribution < 1.29 is 8.78 Å². The number of halogens is 3. The second-order valence-corrected chi connectivity index (χ2v) is 5.50. The zero-order valence-corrected chi connectivity index (χ0v) is 11.7.